The topological polar surface area (TPSA) is 43.1 Å². The van der Waals surface area contributed by atoms with Crippen LogP contribution in [0, 0.1) is 0 Å². The summed E-state index contributed by atoms with van der Waals surface area (Å²) in [7, 11) is 0. The van der Waals surface area contributed by atoms with Crippen LogP contribution in [0.4, 0.5) is 0 Å². The van der Waals surface area contributed by atoms with E-state index in [-0.39, 0.29) is 0 Å². The van der Waals surface area contributed by atoms with Gasteiger partial charge in [0.15, 0.2) is 0 Å². The van der Waals surface area contributed by atoms with Gasteiger partial charge in [-0.05, 0) is 37.1 Å². The van der Waals surface area contributed by atoms with E-state index in [0.29, 0.717) is 10.6 Å². The molecule has 2 nitrogen and oxygen atoms in total. The predicted molar refractivity (Wildman–Crippen MR) is 58.9 cm³/mol. The second kappa shape index (κ2) is 4.29. The van der Waals surface area contributed by atoms with Gasteiger partial charge in [-0.1, -0.05) is 23.7 Å². The number of rotatable bonds is 2. The number of amides is 1. The molecule has 0 fully saturated rings. The minimum absolute atomic E-state index is 0.391. The molecule has 0 bridgehead atoms. The SMILES string of the molecule is CC(C(N)=O)=C(C)c1ccc(Cl)cc1. The molecule has 1 rings (SSSR count). The smallest absolute Gasteiger partial charge is 0.244 e. The first-order chi connectivity index (χ1) is 6.52. The lowest BCUT2D eigenvalue weighted by atomic mass is 10.0. The van der Waals surface area contributed by atoms with Crippen LogP contribution in [-0.2, 0) is 4.79 Å². The first kappa shape index (κ1) is 10.8. The highest BCUT2D eigenvalue weighted by Gasteiger charge is 2.04. The van der Waals surface area contributed by atoms with Gasteiger partial charge < -0.3 is 5.73 Å². The zero-order valence-corrected chi connectivity index (χ0v) is 8.93. The average molecular weight is 210 g/mol. The molecule has 1 aromatic rings. The Hall–Kier alpha value is -1.28. The summed E-state index contributed by atoms with van der Waals surface area (Å²) in [4.78, 5) is 10.9. The highest BCUT2D eigenvalue weighted by Crippen LogP contribution is 2.19. The van der Waals surface area contributed by atoms with Crippen molar-refractivity contribution in [2.24, 2.45) is 5.73 Å². The van der Waals surface area contributed by atoms with Gasteiger partial charge in [0.2, 0.25) is 5.91 Å². The van der Waals surface area contributed by atoms with E-state index in [1.807, 2.05) is 19.1 Å². The van der Waals surface area contributed by atoms with Crippen LogP contribution in [-0.4, -0.2) is 5.91 Å². The number of benzene rings is 1. The van der Waals surface area contributed by atoms with E-state index < -0.39 is 5.91 Å². The molecule has 0 saturated heterocycles. The molecular formula is C11H12ClNO. The highest BCUT2D eigenvalue weighted by molar-refractivity contribution is 6.30. The Labute approximate surface area is 88.4 Å². The van der Waals surface area contributed by atoms with Gasteiger partial charge in [0.05, 0.1) is 0 Å². The van der Waals surface area contributed by atoms with E-state index in [4.69, 9.17) is 17.3 Å². The number of halogens is 1. The molecule has 0 saturated carbocycles. The van der Waals surface area contributed by atoms with Gasteiger partial charge in [-0.25, -0.2) is 0 Å². The fraction of sp³-hybridized carbons (Fsp3) is 0.182. The maximum Gasteiger partial charge on any atom is 0.244 e. The van der Waals surface area contributed by atoms with Crippen LogP contribution in [0.1, 0.15) is 19.4 Å². The molecule has 1 aromatic carbocycles. The second-order valence-corrected chi connectivity index (χ2v) is 3.56. The van der Waals surface area contributed by atoms with Crippen molar-refractivity contribution in [1.82, 2.24) is 0 Å². The van der Waals surface area contributed by atoms with Crippen molar-refractivity contribution in [3.63, 3.8) is 0 Å². The lowest BCUT2D eigenvalue weighted by Crippen LogP contribution is -2.12. The molecule has 2 N–H and O–H groups in total. The minimum Gasteiger partial charge on any atom is -0.366 e. The molecule has 74 valence electrons. The van der Waals surface area contributed by atoms with Crippen LogP contribution in [0.5, 0.6) is 0 Å². The zero-order chi connectivity index (χ0) is 10.7. The van der Waals surface area contributed by atoms with E-state index in [0.717, 1.165) is 11.1 Å². The quantitative estimate of drug-likeness (QED) is 0.748. The molecule has 0 spiro atoms. The summed E-state index contributed by atoms with van der Waals surface area (Å²) in [6.07, 6.45) is 0. The number of hydrogen-bond acceptors (Lipinski definition) is 1. The van der Waals surface area contributed by atoms with Crippen molar-refractivity contribution in [2.45, 2.75) is 13.8 Å². The Kier molecular flexibility index (Phi) is 3.31. The summed E-state index contributed by atoms with van der Waals surface area (Å²) < 4.78 is 0. The monoisotopic (exact) mass is 209 g/mol. The van der Waals surface area contributed by atoms with E-state index in [1.54, 1.807) is 19.1 Å². The zero-order valence-electron chi connectivity index (χ0n) is 8.17. The summed E-state index contributed by atoms with van der Waals surface area (Å²) in [6, 6.07) is 7.30. The molecule has 0 radical (unpaired) electrons. The van der Waals surface area contributed by atoms with Crippen LogP contribution in [0.2, 0.25) is 5.02 Å². The molecule has 0 atom stereocenters. The number of carbonyl (C=O) groups excluding carboxylic acids is 1. The van der Waals surface area contributed by atoms with Gasteiger partial charge in [0, 0.05) is 10.6 Å². The lowest BCUT2D eigenvalue weighted by Gasteiger charge is -2.04. The van der Waals surface area contributed by atoms with Crippen molar-refractivity contribution < 1.29 is 4.79 Å². The lowest BCUT2D eigenvalue weighted by molar-refractivity contribution is -0.114. The number of allylic oxidation sites excluding steroid dienone is 1. The first-order valence-electron chi connectivity index (χ1n) is 4.25. The maximum atomic E-state index is 10.9. The summed E-state index contributed by atoms with van der Waals surface area (Å²) in [6.45, 7) is 3.58. The summed E-state index contributed by atoms with van der Waals surface area (Å²) in [5.41, 5.74) is 7.60. The van der Waals surface area contributed by atoms with Crippen molar-refractivity contribution >= 4 is 23.1 Å². The van der Waals surface area contributed by atoms with Crippen LogP contribution < -0.4 is 5.73 Å². The van der Waals surface area contributed by atoms with Gasteiger partial charge in [0.25, 0.3) is 0 Å². The van der Waals surface area contributed by atoms with Crippen molar-refractivity contribution in [2.75, 3.05) is 0 Å². The van der Waals surface area contributed by atoms with E-state index in [1.165, 1.54) is 0 Å². The maximum absolute atomic E-state index is 10.9. The molecule has 14 heavy (non-hydrogen) atoms. The second-order valence-electron chi connectivity index (χ2n) is 3.12. The molecule has 0 aromatic heterocycles. The molecular weight excluding hydrogens is 198 g/mol. The van der Waals surface area contributed by atoms with Crippen molar-refractivity contribution in [3.05, 3.63) is 40.4 Å². The molecule has 1 amide bonds. The molecule has 0 aliphatic rings. The third-order valence-corrected chi connectivity index (χ3v) is 2.46. The fourth-order valence-corrected chi connectivity index (χ4v) is 1.23. The Balaban J connectivity index is 3.12. The molecule has 0 heterocycles. The molecule has 0 unspecified atom stereocenters. The van der Waals surface area contributed by atoms with Crippen LogP contribution >= 0.6 is 11.6 Å². The third kappa shape index (κ3) is 2.36. The van der Waals surface area contributed by atoms with Crippen LogP contribution in [0.3, 0.4) is 0 Å². The van der Waals surface area contributed by atoms with Gasteiger partial charge in [-0.3, -0.25) is 4.79 Å². The van der Waals surface area contributed by atoms with E-state index >= 15 is 0 Å². The summed E-state index contributed by atoms with van der Waals surface area (Å²) in [5, 5.41) is 0.679. The van der Waals surface area contributed by atoms with Gasteiger partial charge in [0.1, 0.15) is 0 Å². The number of primary amides is 1. The number of hydrogen-bond donors (Lipinski definition) is 1. The standard InChI is InChI=1S/C11H12ClNO/c1-7(8(2)11(13)14)9-3-5-10(12)6-4-9/h3-6H,1-2H3,(H2,13,14). The summed E-state index contributed by atoms with van der Waals surface area (Å²) >= 11 is 5.75. The van der Waals surface area contributed by atoms with Gasteiger partial charge in [-0.2, -0.15) is 0 Å². The molecule has 0 aliphatic heterocycles. The number of carbonyl (C=O) groups is 1. The largest absolute Gasteiger partial charge is 0.366 e. The van der Waals surface area contributed by atoms with Crippen LogP contribution in [0.15, 0.2) is 29.8 Å². The molecule has 3 heteroatoms. The number of nitrogens with two attached hydrogens (primary N) is 1. The molecule has 0 aliphatic carbocycles. The average Bonchev–Trinajstić information content (AvgIpc) is 2.16. The fourth-order valence-electron chi connectivity index (χ4n) is 1.10. The van der Waals surface area contributed by atoms with E-state index in [9.17, 15) is 4.79 Å². The van der Waals surface area contributed by atoms with E-state index in [2.05, 4.69) is 0 Å². The van der Waals surface area contributed by atoms with Gasteiger partial charge >= 0.3 is 0 Å². The Bertz CT molecular complexity index is 379. The first-order valence-corrected chi connectivity index (χ1v) is 4.63. The van der Waals surface area contributed by atoms with Gasteiger partial charge in [-0.15, -0.1) is 0 Å². The Morgan fingerprint density at radius 1 is 1.21 bits per heavy atom. The van der Waals surface area contributed by atoms with Crippen LogP contribution in [0.25, 0.3) is 5.57 Å². The Morgan fingerprint density at radius 2 is 1.71 bits per heavy atom. The summed E-state index contributed by atoms with van der Waals surface area (Å²) in [5.74, 6) is -0.391. The highest BCUT2D eigenvalue weighted by atomic mass is 35.5. The third-order valence-electron chi connectivity index (χ3n) is 2.21. The van der Waals surface area contributed by atoms with Crippen molar-refractivity contribution in [3.8, 4) is 0 Å². The predicted octanol–water partition coefficient (Wildman–Crippen LogP) is 2.62. The minimum atomic E-state index is -0.391. The normalized spacial score (nSPS) is 12.2. The van der Waals surface area contributed by atoms with Crippen molar-refractivity contribution in [1.29, 1.82) is 0 Å². The Morgan fingerprint density at radius 3 is 2.14 bits per heavy atom.